The van der Waals surface area contributed by atoms with Crippen molar-refractivity contribution >= 4 is 0 Å². The third kappa shape index (κ3) is 4.37. The molecule has 0 aliphatic heterocycles. The van der Waals surface area contributed by atoms with Gasteiger partial charge in [-0.2, -0.15) is 0 Å². The summed E-state index contributed by atoms with van der Waals surface area (Å²) >= 11 is 0. The van der Waals surface area contributed by atoms with E-state index in [1.54, 1.807) is 0 Å². The molecule has 0 unspecified atom stereocenters. The Morgan fingerprint density at radius 3 is 1.64 bits per heavy atom. The minimum absolute atomic E-state index is 0.315. The summed E-state index contributed by atoms with van der Waals surface area (Å²) in [4.78, 5) is 2.07. The molecule has 4 heteroatoms. The number of aliphatic hydroxyl groups is 3. The Kier molecular flexibility index (Phi) is 6.27. The lowest BCUT2D eigenvalue weighted by Gasteiger charge is -2.33. The topological polar surface area (TPSA) is 63.9 Å². The molecule has 0 spiro atoms. The van der Waals surface area contributed by atoms with Gasteiger partial charge >= 0.3 is 0 Å². The number of hydrogen-bond donors (Lipinski definition) is 3. The van der Waals surface area contributed by atoms with E-state index >= 15 is 0 Å². The molecule has 0 saturated carbocycles. The monoisotopic (exact) mass is 205 g/mol. The first-order valence-corrected chi connectivity index (χ1v) is 5.12. The van der Waals surface area contributed by atoms with Crippen LogP contribution in [0.5, 0.6) is 0 Å². The van der Waals surface area contributed by atoms with Gasteiger partial charge in [0.05, 0.1) is 12.7 Å². The van der Waals surface area contributed by atoms with E-state index in [9.17, 15) is 10.2 Å². The van der Waals surface area contributed by atoms with Gasteiger partial charge in [0.25, 0.3) is 0 Å². The fourth-order valence-corrected chi connectivity index (χ4v) is 1.48. The van der Waals surface area contributed by atoms with Crippen molar-refractivity contribution in [2.45, 2.75) is 52.0 Å². The van der Waals surface area contributed by atoms with E-state index in [4.69, 9.17) is 5.11 Å². The van der Waals surface area contributed by atoms with Crippen molar-refractivity contribution in [2.75, 3.05) is 13.2 Å². The van der Waals surface area contributed by atoms with Crippen molar-refractivity contribution in [3.63, 3.8) is 0 Å². The van der Waals surface area contributed by atoms with Crippen molar-refractivity contribution in [3.8, 4) is 0 Å². The zero-order chi connectivity index (χ0) is 11.3. The van der Waals surface area contributed by atoms with Gasteiger partial charge in [0.2, 0.25) is 0 Å². The average Bonchev–Trinajstić information content (AvgIpc) is 2.11. The standard InChI is InChI=1S/C10H23NO3/c1-7(2)11(8(3)4)5-9(13)10(14)6-12/h7-10,12-14H,5-6H2,1-4H3/t9-,10+/m0/s1. The summed E-state index contributed by atoms with van der Waals surface area (Å²) in [5.41, 5.74) is 0. The van der Waals surface area contributed by atoms with E-state index in [1.165, 1.54) is 0 Å². The fraction of sp³-hybridized carbons (Fsp3) is 1.00. The maximum atomic E-state index is 9.53. The normalized spacial score (nSPS) is 16.7. The van der Waals surface area contributed by atoms with Gasteiger partial charge in [0.1, 0.15) is 6.10 Å². The van der Waals surface area contributed by atoms with Gasteiger partial charge in [-0.3, -0.25) is 4.90 Å². The Labute approximate surface area is 86.2 Å². The van der Waals surface area contributed by atoms with E-state index in [1.807, 2.05) is 27.7 Å². The fourth-order valence-electron chi connectivity index (χ4n) is 1.48. The molecule has 0 amide bonds. The van der Waals surface area contributed by atoms with Gasteiger partial charge in [0.15, 0.2) is 0 Å². The first kappa shape index (κ1) is 13.8. The maximum Gasteiger partial charge on any atom is 0.104 e. The van der Waals surface area contributed by atoms with Gasteiger partial charge in [0, 0.05) is 18.6 Å². The van der Waals surface area contributed by atoms with Crippen LogP contribution in [0.3, 0.4) is 0 Å². The summed E-state index contributed by atoms with van der Waals surface area (Å²) in [6.45, 7) is 8.15. The van der Waals surface area contributed by atoms with Crippen LogP contribution in [0.15, 0.2) is 0 Å². The highest BCUT2D eigenvalue weighted by molar-refractivity contribution is 4.75. The molecule has 0 aliphatic carbocycles. The highest BCUT2D eigenvalue weighted by atomic mass is 16.4. The Hall–Kier alpha value is -0.160. The van der Waals surface area contributed by atoms with Crippen LogP contribution >= 0.6 is 0 Å². The highest BCUT2D eigenvalue weighted by Gasteiger charge is 2.22. The van der Waals surface area contributed by atoms with Crippen LogP contribution in [0.4, 0.5) is 0 Å². The Balaban J connectivity index is 4.16. The van der Waals surface area contributed by atoms with Gasteiger partial charge in [-0.05, 0) is 27.7 Å². The van der Waals surface area contributed by atoms with E-state index in [2.05, 4.69) is 4.90 Å². The first-order valence-electron chi connectivity index (χ1n) is 5.12. The minimum atomic E-state index is -1.05. The molecule has 86 valence electrons. The number of rotatable bonds is 6. The van der Waals surface area contributed by atoms with E-state index in [0.29, 0.717) is 18.6 Å². The molecule has 14 heavy (non-hydrogen) atoms. The second kappa shape index (κ2) is 6.35. The third-order valence-corrected chi connectivity index (χ3v) is 2.36. The van der Waals surface area contributed by atoms with Crippen LogP contribution in [0.1, 0.15) is 27.7 Å². The Morgan fingerprint density at radius 1 is 0.929 bits per heavy atom. The summed E-state index contributed by atoms with van der Waals surface area (Å²) in [6, 6.07) is 0.631. The lowest BCUT2D eigenvalue weighted by molar-refractivity contribution is -0.0381. The van der Waals surface area contributed by atoms with Crippen molar-refractivity contribution in [2.24, 2.45) is 0 Å². The maximum absolute atomic E-state index is 9.53. The van der Waals surface area contributed by atoms with Gasteiger partial charge in [-0.15, -0.1) is 0 Å². The van der Waals surface area contributed by atoms with Crippen LogP contribution in [0.2, 0.25) is 0 Å². The lowest BCUT2D eigenvalue weighted by Crippen LogP contribution is -2.46. The van der Waals surface area contributed by atoms with E-state index in [-0.39, 0.29) is 0 Å². The molecule has 3 N–H and O–H groups in total. The SMILES string of the molecule is CC(C)N(C[C@H](O)[C@H](O)CO)C(C)C. The number of hydrogen-bond acceptors (Lipinski definition) is 4. The Bertz CT molecular complexity index is 142. The van der Waals surface area contributed by atoms with Crippen molar-refractivity contribution in [1.82, 2.24) is 4.90 Å². The molecule has 2 atom stereocenters. The van der Waals surface area contributed by atoms with Crippen molar-refractivity contribution in [1.29, 1.82) is 0 Å². The first-order chi connectivity index (χ1) is 6.40. The zero-order valence-electron chi connectivity index (χ0n) is 9.51. The summed E-state index contributed by atoms with van der Waals surface area (Å²) in [5, 5.41) is 27.4. The second-order valence-corrected chi connectivity index (χ2v) is 4.20. The van der Waals surface area contributed by atoms with Crippen LogP contribution in [-0.2, 0) is 0 Å². The van der Waals surface area contributed by atoms with Crippen LogP contribution in [-0.4, -0.2) is 57.7 Å². The molecule has 0 heterocycles. The molecule has 0 aromatic rings. The molecule has 0 fully saturated rings. The highest BCUT2D eigenvalue weighted by Crippen LogP contribution is 2.07. The minimum Gasteiger partial charge on any atom is -0.394 e. The summed E-state index contributed by atoms with van der Waals surface area (Å²) in [5.74, 6) is 0. The number of aliphatic hydroxyl groups excluding tert-OH is 3. The van der Waals surface area contributed by atoms with Crippen LogP contribution < -0.4 is 0 Å². The molecule has 0 aromatic carbocycles. The van der Waals surface area contributed by atoms with E-state index < -0.39 is 18.8 Å². The zero-order valence-corrected chi connectivity index (χ0v) is 9.51. The third-order valence-electron chi connectivity index (χ3n) is 2.36. The Morgan fingerprint density at radius 2 is 1.36 bits per heavy atom. The van der Waals surface area contributed by atoms with Crippen molar-refractivity contribution < 1.29 is 15.3 Å². The largest absolute Gasteiger partial charge is 0.394 e. The molecular weight excluding hydrogens is 182 g/mol. The lowest BCUT2D eigenvalue weighted by atomic mass is 10.1. The predicted octanol–water partition coefficient (Wildman–Crippen LogP) is -0.181. The van der Waals surface area contributed by atoms with Crippen LogP contribution in [0, 0.1) is 0 Å². The predicted molar refractivity (Wildman–Crippen MR) is 56.1 cm³/mol. The molecule has 0 aromatic heterocycles. The molecule has 0 rings (SSSR count). The quantitative estimate of drug-likeness (QED) is 0.563. The molecule has 4 nitrogen and oxygen atoms in total. The van der Waals surface area contributed by atoms with Crippen molar-refractivity contribution in [3.05, 3.63) is 0 Å². The van der Waals surface area contributed by atoms with Gasteiger partial charge in [-0.1, -0.05) is 0 Å². The van der Waals surface area contributed by atoms with E-state index in [0.717, 1.165) is 0 Å². The molecular formula is C10H23NO3. The van der Waals surface area contributed by atoms with Crippen LogP contribution in [0.25, 0.3) is 0 Å². The summed E-state index contributed by atoms with van der Waals surface area (Å²) in [7, 11) is 0. The summed E-state index contributed by atoms with van der Waals surface area (Å²) in [6.07, 6.45) is -1.93. The molecule has 0 saturated heterocycles. The molecule has 0 bridgehead atoms. The summed E-state index contributed by atoms with van der Waals surface area (Å²) < 4.78 is 0. The smallest absolute Gasteiger partial charge is 0.104 e. The molecule has 0 radical (unpaired) electrons. The van der Waals surface area contributed by atoms with Gasteiger partial charge in [-0.25, -0.2) is 0 Å². The number of nitrogens with zero attached hydrogens (tertiary/aromatic N) is 1. The van der Waals surface area contributed by atoms with Gasteiger partial charge < -0.3 is 15.3 Å². The molecule has 0 aliphatic rings. The average molecular weight is 205 g/mol. The second-order valence-electron chi connectivity index (χ2n) is 4.20.